The van der Waals surface area contributed by atoms with Crippen LogP contribution in [-0.2, 0) is 22.7 Å². The van der Waals surface area contributed by atoms with Gasteiger partial charge in [0, 0.05) is 17.3 Å². The van der Waals surface area contributed by atoms with Gasteiger partial charge in [0.15, 0.2) is 0 Å². The predicted octanol–water partition coefficient (Wildman–Crippen LogP) is 3.59. The Morgan fingerprint density at radius 3 is 2.69 bits per heavy atom. The Hall–Kier alpha value is -2.81. The zero-order valence-corrected chi connectivity index (χ0v) is 17.2. The Labute approximate surface area is 177 Å². The smallest absolute Gasteiger partial charge is 0.286 e. The van der Waals surface area contributed by atoms with Crippen LogP contribution in [0.15, 0.2) is 48.5 Å². The van der Waals surface area contributed by atoms with E-state index >= 15 is 0 Å². The highest BCUT2D eigenvalue weighted by atomic mass is 35.5. The van der Waals surface area contributed by atoms with Crippen molar-refractivity contribution in [3.63, 3.8) is 0 Å². The van der Waals surface area contributed by atoms with E-state index in [0.717, 1.165) is 16.9 Å². The molecule has 1 heterocycles. The number of anilines is 1. The zero-order chi connectivity index (χ0) is 20.6. The van der Waals surface area contributed by atoms with Crippen molar-refractivity contribution in [3.05, 3.63) is 74.7 Å². The standard InChI is InChI=1S/C20H19ClN4O3S/c1-13-5-7-14(8-6-13)10-22-17(26)11-28-12-18-24-25-20(29-18)19(27)23-16-4-2-3-15(21)9-16/h2-9H,10-12H2,1H3,(H,22,26)(H,23,27). The number of rotatable bonds is 8. The van der Waals surface area contributed by atoms with Gasteiger partial charge in [0.1, 0.15) is 18.2 Å². The number of hydrogen-bond donors (Lipinski definition) is 2. The number of halogens is 1. The monoisotopic (exact) mass is 430 g/mol. The minimum atomic E-state index is -0.383. The van der Waals surface area contributed by atoms with Crippen LogP contribution in [0.25, 0.3) is 0 Å². The highest BCUT2D eigenvalue weighted by molar-refractivity contribution is 7.13. The lowest BCUT2D eigenvalue weighted by Crippen LogP contribution is -2.27. The lowest BCUT2D eigenvalue weighted by Gasteiger charge is -2.06. The van der Waals surface area contributed by atoms with Crippen LogP contribution < -0.4 is 10.6 Å². The van der Waals surface area contributed by atoms with Gasteiger partial charge in [0.25, 0.3) is 5.91 Å². The third kappa shape index (κ3) is 6.63. The van der Waals surface area contributed by atoms with Crippen molar-refractivity contribution in [2.24, 2.45) is 0 Å². The molecule has 150 valence electrons. The van der Waals surface area contributed by atoms with Crippen molar-refractivity contribution in [1.82, 2.24) is 15.5 Å². The number of carbonyl (C=O) groups is 2. The van der Waals surface area contributed by atoms with Gasteiger partial charge >= 0.3 is 0 Å². The van der Waals surface area contributed by atoms with E-state index < -0.39 is 0 Å². The Balaban J connectivity index is 1.41. The van der Waals surface area contributed by atoms with E-state index in [2.05, 4.69) is 20.8 Å². The molecule has 0 bridgehead atoms. The first-order valence-electron chi connectivity index (χ1n) is 8.79. The van der Waals surface area contributed by atoms with Crippen LogP contribution in [0.4, 0.5) is 5.69 Å². The van der Waals surface area contributed by atoms with Crippen LogP contribution in [0.5, 0.6) is 0 Å². The van der Waals surface area contributed by atoms with Gasteiger partial charge in [-0.1, -0.05) is 58.8 Å². The molecule has 0 aliphatic heterocycles. The zero-order valence-electron chi connectivity index (χ0n) is 15.6. The van der Waals surface area contributed by atoms with Crippen LogP contribution in [0.1, 0.15) is 25.9 Å². The summed E-state index contributed by atoms with van der Waals surface area (Å²) in [6.07, 6.45) is 0. The van der Waals surface area contributed by atoms with Gasteiger partial charge < -0.3 is 15.4 Å². The molecule has 0 atom stereocenters. The minimum absolute atomic E-state index is 0.0973. The van der Waals surface area contributed by atoms with Gasteiger partial charge in [-0.2, -0.15) is 0 Å². The highest BCUT2D eigenvalue weighted by Crippen LogP contribution is 2.17. The lowest BCUT2D eigenvalue weighted by atomic mass is 10.1. The van der Waals surface area contributed by atoms with Crippen molar-refractivity contribution in [3.8, 4) is 0 Å². The second-order valence-electron chi connectivity index (χ2n) is 6.22. The number of hydrogen-bond acceptors (Lipinski definition) is 6. The molecule has 0 aliphatic carbocycles. The normalized spacial score (nSPS) is 10.6. The van der Waals surface area contributed by atoms with Gasteiger partial charge in [0.05, 0.1) is 0 Å². The lowest BCUT2D eigenvalue weighted by molar-refractivity contribution is -0.126. The number of aromatic nitrogens is 2. The number of ether oxygens (including phenoxy) is 1. The average Bonchev–Trinajstić information content (AvgIpc) is 3.17. The molecule has 1 aromatic heterocycles. The van der Waals surface area contributed by atoms with E-state index in [-0.39, 0.29) is 30.0 Å². The van der Waals surface area contributed by atoms with Crippen LogP contribution in [0.2, 0.25) is 5.02 Å². The summed E-state index contributed by atoms with van der Waals surface area (Å²) in [7, 11) is 0. The summed E-state index contributed by atoms with van der Waals surface area (Å²) in [5.74, 6) is -0.610. The fourth-order valence-electron chi connectivity index (χ4n) is 2.34. The van der Waals surface area contributed by atoms with Gasteiger partial charge in [-0.05, 0) is 30.7 Å². The molecule has 7 nitrogen and oxygen atoms in total. The minimum Gasteiger partial charge on any atom is -0.364 e. The van der Waals surface area contributed by atoms with Gasteiger partial charge in [0.2, 0.25) is 10.9 Å². The van der Waals surface area contributed by atoms with Crippen molar-refractivity contribution >= 4 is 40.4 Å². The van der Waals surface area contributed by atoms with Crippen LogP contribution in [0, 0.1) is 6.92 Å². The molecule has 3 aromatic rings. The molecule has 0 radical (unpaired) electrons. The molecule has 2 N–H and O–H groups in total. The largest absolute Gasteiger partial charge is 0.364 e. The van der Waals surface area contributed by atoms with Gasteiger partial charge in [-0.3, -0.25) is 9.59 Å². The van der Waals surface area contributed by atoms with Crippen LogP contribution in [-0.4, -0.2) is 28.6 Å². The van der Waals surface area contributed by atoms with E-state index in [9.17, 15) is 9.59 Å². The Kier molecular flexibility index (Phi) is 7.29. The molecule has 2 amide bonds. The van der Waals surface area contributed by atoms with E-state index in [1.165, 1.54) is 5.56 Å². The Morgan fingerprint density at radius 1 is 1.14 bits per heavy atom. The summed E-state index contributed by atoms with van der Waals surface area (Å²) < 4.78 is 5.36. The van der Waals surface area contributed by atoms with Gasteiger partial charge in [-0.15, -0.1) is 10.2 Å². The summed E-state index contributed by atoms with van der Waals surface area (Å²) in [6.45, 7) is 2.45. The molecule has 0 aliphatic rings. The van der Waals surface area contributed by atoms with E-state index in [1.807, 2.05) is 31.2 Å². The topological polar surface area (TPSA) is 93.2 Å². The first kappa shape index (κ1) is 20.9. The number of aryl methyl sites for hydroxylation is 1. The number of nitrogens with one attached hydrogen (secondary N) is 2. The van der Waals surface area contributed by atoms with Crippen LogP contribution >= 0.6 is 22.9 Å². The molecule has 29 heavy (non-hydrogen) atoms. The number of benzene rings is 2. The molecule has 0 spiro atoms. The molecular formula is C20H19ClN4O3S. The Bertz CT molecular complexity index is 991. The summed E-state index contributed by atoms with van der Waals surface area (Å²) in [5.41, 5.74) is 2.75. The van der Waals surface area contributed by atoms with Crippen molar-refractivity contribution in [2.45, 2.75) is 20.1 Å². The summed E-state index contributed by atoms with van der Waals surface area (Å²) >= 11 is 7.00. The van der Waals surface area contributed by atoms with Crippen molar-refractivity contribution in [2.75, 3.05) is 11.9 Å². The highest BCUT2D eigenvalue weighted by Gasteiger charge is 2.14. The SMILES string of the molecule is Cc1ccc(CNC(=O)COCc2nnc(C(=O)Nc3cccc(Cl)c3)s2)cc1. The molecule has 0 saturated carbocycles. The first-order chi connectivity index (χ1) is 14.0. The van der Waals surface area contributed by atoms with Crippen molar-refractivity contribution in [1.29, 1.82) is 0 Å². The van der Waals surface area contributed by atoms with E-state index in [0.29, 0.717) is 22.3 Å². The number of carbonyl (C=O) groups excluding carboxylic acids is 2. The quantitative estimate of drug-likeness (QED) is 0.569. The Morgan fingerprint density at radius 2 is 1.93 bits per heavy atom. The molecular weight excluding hydrogens is 412 g/mol. The second kappa shape index (κ2) is 10.1. The third-order valence-electron chi connectivity index (χ3n) is 3.81. The fraction of sp³-hybridized carbons (Fsp3) is 0.200. The molecule has 9 heteroatoms. The maximum atomic E-state index is 12.2. The summed E-state index contributed by atoms with van der Waals surface area (Å²) in [6, 6.07) is 14.7. The fourth-order valence-corrected chi connectivity index (χ4v) is 3.21. The molecule has 2 aromatic carbocycles. The second-order valence-corrected chi connectivity index (χ2v) is 7.72. The average molecular weight is 431 g/mol. The molecule has 0 fully saturated rings. The molecule has 3 rings (SSSR count). The van der Waals surface area contributed by atoms with E-state index in [4.69, 9.17) is 16.3 Å². The maximum Gasteiger partial charge on any atom is 0.286 e. The predicted molar refractivity (Wildman–Crippen MR) is 112 cm³/mol. The van der Waals surface area contributed by atoms with Crippen LogP contribution in [0.3, 0.4) is 0 Å². The maximum absolute atomic E-state index is 12.2. The third-order valence-corrected chi connectivity index (χ3v) is 4.94. The molecule has 0 unspecified atom stereocenters. The summed E-state index contributed by atoms with van der Waals surface area (Å²) in [4.78, 5) is 24.1. The summed E-state index contributed by atoms with van der Waals surface area (Å²) in [5, 5.41) is 14.5. The number of amides is 2. The molecule has 0 saturated heterocycles. The van der Waals surface area contributed by atoms with Gasteiger partial charge in [-0.25, -0.2) is 0 Å². The van der Waals surface area contributed by atoms with E-state index in [1.54, 1.807) is 24.3 Å². The first-order valence-corrected chi connectivity index (χ1v) is 9.98. The number of nitrogens with zero attached hydrogens (tertiary/aromatic N) is 2. The van der Waals surface area contributed by atoms with Crippen molar-refractivity contribution < 1.29 is 14.3 Å².